The summed E-state index contributed by atoms with van der Waals surface area (Å²) in [6.45, 7) is 2.82. The zero-order valence-electron chi connectivity index (χ0n) is 12.9. The van der Waals surface area contributed by atoms with Gasteiger partial charge in [-0.1, -0.05) is 12.1 Å². The molecular formula is C17H22N4O. The van der Waals surface area contributed by atoms with Crippen molar-refractivity contribution < 1.29 is 5.11 Å². The number of pyridine rings is 2. The molecule has 0 fully saturated rings. The van der Waals surface area contributed by atoms with Crippen LogP contribution in [0.3, 0.4) is 0 Å². The molecule has 1 aliphatic heterocycles. The first-order valence-electron chi connectivity index (χ1n) is 7.67. The van der Waals surface area contributed by atoms with Gasteiger partial charge in [-0.25, -0.2) is 4.98 Å². The third-order valence-electron chi connectivity index (χ3n) is 4.26. The van der Waals surface area contributed by atoms with Crippen LogP contribution in [0.4, 0.5) is 5.82 Å². The van der Waals surface area contributed by atoms with Gasteiger partial charge in [0.25, 0.3) is 0 Å². The summed E-state index contributed by atoms with van der Waals surface area (Å²) in [6, 6.07) is 8.27. The summed E-state index contributed by atoms with van der Waals surface area (Å²) in [5, 5.41) is 9.68. The average Bonchev–Trinajstić information content (AvgIpc) is 2.55. The van der Waals surface area contributed by atoms with Crippen LogP contribution in [0.5, 0.6) is 0 Å². The summed E-state index contributed by atoms with van der Waals surface area (Å²) in [7, 11) is 2.02. The van der Waals surface area contributed by atoms with Crippen LogP contribution in [0.25, 0.3) is 0 Å². The van der Waals surface area contributed by atoms with E-state index in [2.05, 4.69) is 31.9 Å². The third kappa shape index (κ3) is 3.26. The zero-order chi connectivity index (χ0) is 15.4. The van der Waals surface area contributed by atoms with E-state index in [-0.39, 0.29) is 12.6 Å². The summed E-state index contributed by atoms with van der Waals surface area (Å²) < 4.78 is 0. The molecular weight excluding hydrogens is 276 g/mol. The molecule has 2 aromatic heterocycles. The molecule has 0 bridgehead atoms. The number of rotatable bonds is 3. The fourth-order valence-electron chi connectivity index (χ4n) is 2.99. The van der Waals surface area contributed by atoms with Crippen molar-refractivity contribution >= 4 is 5.82 Å². The Morgan fingerprint density at radius 1 is 1.27 bits per heavy atom. The Balaban J connectivity index is 1.85. The van der Waals surface area contributed by atoms with Gasteiger partial charge in [-0.3, -0.25) is 9.88 Å². The van der Waals surface area contributed by atoms with E-state index in [0.29, 0.717) is 0 Å². The topological polar surface area (TPSA) is 52.5 Å². The average molecular weight is 298 g/mol. The van der Waals surface area contributed by atoms with Gasteiger partial charge in [0, 0.05) is 50.8 Å². The van der Waals surface area contributed by atoms with Gasteiger partial charge in [-0.2, -0.15) is 0 Å². The Labute approximate surface area is 131 Å². The molecule has 1 unspecified atom stereocenters. The van der Waals surface area contributed by atoms with E-state index in [4.69, 9.17) is 0 Å². The summed E-state index contributed by atoms with van der Waals surface area (Å²) >= 11 is 0. The molecule has 3 rings (SSSR count). The van der Waals surface area contributed by atoms with Crippen molar-refractivity contribution in [3.63, 3.8) is 0 Å². The number of nitrogens with zero attached hydrogens (tertiary/aromatic N) is 4. The van der Waals surface area contributed by atoms with Crippen molar-refractivity contribution in [3.8, 4) is 0 Å². The van der Waals surface area contributed by atoms with Crippen LogP contribution in [-0.4, -0.2) is 46.2 Å². The van der Waals surface area contributed by atoms with Gasteiger partial charge in [-0.05, 0) is 24.1 Å². The van der Waals surface area contributed by atoms with Crippen LogP contribution < -0.4 is 4.90 Å². The van der Waals surface area contributed by atoms with Gasteiger partial charge in [0.2, 0.25) is 0 Å². The molecule has 0 spiro atoms. The van der Waals surface area contributed by atoms with Crippen molar-refractivity contribution in [2.24, 2.45) is 0 Å². The predicted octanol–water partition coefficient (Wildman–Crippen LogP) is 1.68. The normalized spacial score (nSPS) is 19.4. The first-order chi connectivity index (χ1) is 10.8. The number of aromatic nitrogens is 2. The van der Waals surface area contributed by atoms with E-state index in [9.17, 15) is 5.11 Å². The number of hydrogen-bond acceptors (Lipinski definition) is 5. The van der Waals surface area contributed by atoms with Crippen LogP contribution in [0.1, 0.15) is 17.5 Å². The van der Waals surface area contributed by atoms with Crippen LogP contribution in [0.2, 0.25) is 0 Å². The van der Waals surface area contributed by atoms with E-state index in [0.717, 1.165) is 31.9 Å². The minimum atomic E-state index is 0.102. The lowest BCUT2D eigenvalue weighted by Gasteiger charge is -2.35. The van der Waals surface area contributed by atoms with Crippen molar-refractivity contribution in [1.29, 1.82) is 0 Å². The lowest BCUT2D eigenvalue weighted by molar-refractivity contribution is 0.205. The molecule has 0 saturated carbocycles. The molecule has 1 atom stereocenters. The molecule has 0 radical (unpaired) electrons. The first-order valence-corrected chi connectivity index (χ1v) is 7.67. The van der Waals surface area contributed by atoms with Crippen molar-refractivity contribution in [2.75, 3.05) is 25.1 Å². The van der Waals surface area contributed by atoms with Crippen LogP contribution in [-0.2, 0) is 13.1 Å². The minimum Gasteiger partial charge on any atom is -0.394 e. The predicted molar refractivity (Wildman–Crippen MR) is 86.5 cm³/mol. The quantitative estimate of drug-likeness (QED) is 0.934. The van der Waals surface area contributed by atoms with Gasteiger partial charge in [0.05, 0.1) is 12.6 Å². The van der Waals surface area contributed by atoms with Crippen LogP contribution in [0.15, 0.2) is 42.9 Å². The highest BCUT2D eigenvalue weighted by molar-refractivity contribution is 5.47. The number of aliphatic hydroxyl groups excluding tert-OH is 1. The highest BCUT2D eigenvalue weighted by atomic mass is 16.3. The standard InChI is InChI=1S/C17H22N4O/c1-20-16(13-22)6-9-21(11-14-4-2-7-18-10-14)12-15-5-3-8-19-17(15)20/h2-5,7-8,10,16,22H,6,9,11-13H2,1H3. The molecule has 2 aromatic rings. The molecule has 0 aromatic carbocycles. The summed E-state index contributed by atoms with van der Waals surface area (Å²) in [5.74, 6) is 0.970. The largest absolute Gasteiger partial charge is 0.394 e. The van der Waals surface area contributed by atoms with E-state index >= 15 is 0 Å². The first kappa shape index (κ1) is 14.9. The zero-order valence-corrected chi connectivity index (χ0v) is 12.9. The van der Waals surface area contributed by atoms with Crippen LogP contribution >= 0.6 is 0 Å². The Morgan fingerprint density at radius 3 is 2.91 bits per heavy atom. The van der Waals surface area contributed by atoms with Crippen molar-refractivity contribution in [3.05, 3.63) is 54.0 Å². The molecule has 0 saturated heterocycles. The van der Waals surface area contributed by atoms with E-state index in [1.54, 1.807) is 6.20 Å². The molecule has 5 nitrogen and oxygen atoms in total. The fraction of sp³-hybridized carbons (Fsp3) is 0.412. The number of hydrogen-bond donors (Lipinski definition) is 1. The lowest BCUT2D eigenvalue weighted by atomic mass is 10.1. The number of fused-ring (bicyclic) bond motifs is 1. The Hall–Kier alpha value is -1.98. The van der Waals surface area contributed by atoms with Crippen molar-refractivity contribution in [1.82, 2.24) is 14.9 Å². The van der Waals surface area contributed by atoms with Gasteiger partial charge >= 0.3 is 0 Å². The maximum absolute atomic E-state index is 9.68. The van der Waals surface area contributed by atoms with Crippen LogP contribution in [0, 0.1) is 0 Å². The third-order valence-corrected chi connectivity index (χ3v) is 4.26. The number of likely N-dealkylation sites (N-methyl/N-ethyl adjacent to an activating group) is 1. The highest BCUT2D eigenvalue weighted by Crippen LogP contribution is 2.24. The van der Waals surface area contributed by atoms with E-state index in [1.807, 2.05) is 31.6 Å². The fourth-order valence-corrected chi connectivity index (χ4v) is 2.99. The van der Waals surface area contributed by atoms with Gasteiger partial charge < -0.3 is 10.0 Å². The molecule has 0 aliphatic carbocycles. The van der Waals surface area contributed by atoms with Gasteiger partial charge in [0.15, 0.2) is 0 Å². The lowest BCUT2D eigenvalue weighted by Crippen LogP contribution is -2.41. The highest BCUT2D eigenvalue weighted by Gasteiger charge is 2.23. The second-order valence-corrected chi connectivity index (χ2v) is 5.79. The summed E-state index contributed by atoms with van der Waals surface area (Å²) in [5.41, 5.74) is 2.41. The molecule has 1 N–H and O–H groups in total. The monoisotopic (exact) mass is 298 g/mol. The van der Waals surface area contributed by atoms with E-state index in [1.165, 1.54) is 11.1 Å². The maximum Gasteiger partial charge on any atom is 0.133 e. The van der Waals surface area contributed by atoms with E-state index < -0.39 is 0 Å². The summed E-state index contributed by atoms with van der Waals surface area (Å²) in [6.07, 6.45) is 6.45. The Morgan fingerprint density at radius 2 is 2.14 bits per heavy atom. The molecule has 22 heavy (non-hydrogen) atoms. The summed E-state index contributed by atoms with van der Waals surface area (Å²) in [4.78, 5) is 13.2. The minimum absolute atomic E-state index is 0.102. The second kappa shape index (κ2) is 6.85. The smallest absolute Gasteiger partial charge is 0.133 e. The Bertz CT molecular complexity index is 605. The molecule has 0 amide bonds. The van der Waals surface area contributed by atoms with Gasteiger partial charge in [-0.15, -0.1) is 0 Å². The maximum atomic E-state index is 9.68. The number of aliphatic hydroxyl groups is 1. The molecule has 5 heteroatoms. The molecule has 3 heterocycles. The molecule has 116 valence electrons. The Kier molecular flexibility index (Phi) is 4.65. The SMILES string of the molecule is CN1c2ncccc2CN(Cc2cccnc2)CCC1CO. The molecule has 1 aliphatic rings. The number of anilines is 1. The second-order valence-electron chi connectivity index (χ2n) is 5.79. The van der Waals surface area contributed by atoms with Crippen molar-refractivity contribution in [2.45, 2.75) is 25.6 Å². The van der Waals surface area contributed by atoms with Gasteiger partial charge in [0.1, 0.15) is 5.82 Å².